The third kappa shape index (κ3) is 4.03. The van der Waals surface area contributed by atoms with E-state index >= 15 is 0 Å². The minimum atomic E-state index is 0.811. The molecule has 0 saturated carbocycles. The lowest BCUT2D eigenvalue weighted by Crippen LogP contribution is -1.97. The van der Waals surface area contributed by atoms with Crippen molar-refractivity contribution in [2.75, 3.05) is 6.54 Å². The SMILES string of the molecule is Cn1cc(CCCCCCN)nn1. The second-order valence-corrected chi connectivity index (χ2v) is 3.34. The smallest absolute Gasteiger partial charge is 0.0827 e. The Balaban J connectivity index is 2.06. The molecular formula is C9H18N4. The average Bonchev–Trinajstić information content (AvgIpc) is 2.51. The Bertz CT molecular complexity index is 231. The number of aryl methyl sites for hydroxylation is 2. The van der Waals surface area contributed by atoms with Crippen LogP contribution in [0.1, 0.15) is 31.4 Å². The fraction of sp³-hybridized carbons (Fsp3) is 0.778. The molecule has 0 aliphatic rings. The van der Waals surface area contributed by atoms with Crippen molar-refractivity contribution in [3.8, 4) is 0 Å². The Hall–Kier alpha value is -0.900. The van der Waals surface area contributed by atoms with Gasteiger partial charge in [0.2, 0.25) is 0 Å². The molecule has 0 aromatic carbocycles. The van der Waals surface area contributed by atoms with E-state index in [1.807, 2.05) is 13.2 Å². The van der Waals surface area contributed by atoms with Gasteiger partial charge >= 0.3 is 0 Å². The second kappa shape index (κ2) is 5.70. The zero-order valence-corrected chi connectivity index (χ0v) is 8.24. The van der Waals surface area contributed by atoms with Crippen LogP contribution in [0.5, 0.6) is 0 Å². The predicted molar refractivity (Wildman–Crippen MR) is 52.2 cm³/mol. The molecule has 1 heterocycles. The molecule has 0 saturated heterocycles. The Labute approximate surface area is 79.1 Å². The molecule has 1 aromatic rings. The van der Waals surface area contributed by atoms with Crippen molar-refractivity contribution >= 4 is 0 Å². The van der Waals surface area contributed by atoms with Crippen LogP contribution in [0, 0.1) is 0 Å². The van der Waals surface area contributed by atoms with E-state index < -0.39 is 0 Å². The van der Waals surface area contributed by atoms with Gasteiger partial charge in [0.15, 0.2) is 0 Å². The molecule has 2 N–H and O–H groups in total. The third-order valence-electron chi connectivity index (χ3n) is 2.04. The van der Waals surface area contributed by atoms with Crippen LogP contribution in [0.4, 0.5) is 0 Å². The van der Waals surface area contributed by atoms with Crippen LogP contribution in [-0.4, -0.2) is 21.5 Å². The summed E-state index contributed by atoms with van der Waals surface area (Å²) in [6.45, 7) is 0.811. The lowest BCUT2D eigenvalue weighted by atomic mass is 10.1. The van der Waals surface area contributed by atoms with Crippen molar-refractivity contribution in [3.63, 3.8) is 0 Å². The normalized spacial score (nSPS) is 10.6. The molecule has 0 amide bonds. The number of hydrogen-bond acceptors (Lipinski definition) is 3. The first-order valence-corrected chi connectivity index (χ1v) is 4.88. The first-order chi connectivity index (χ1) is 6.33. The first-order valence-electron chi connectivity index (χ1n) is 4.88. The molecule has 1 rings (SSSR count). The second-order valence-electron chi connectivity index (χ2n) is 3.34. The van der Waals surface area contributed by atoms with E-state index in [1.165, 1.54) is 19.3 Å². The van der Waals surface area contributed by atoms with Crippen LogP contribution in [0.3, 0.4) is 0 Å². The summed E-state index contributed by atoms with van der Waals surface area (Å²) in [4.78, 5) is 0. The fourth-order valence-electron chi connectivity index (χ4n) is 1.31. The number of unbranched alkanes of at least 4 members (excludes halogenated alkanes) is 3. The standard InChI is InChI=1S/C9H18N4/c1-13-8-9(11-12-13)6-4-2-3-5-7-10/h8H,2-7,10H2,1H3. The van der Waals surface area contributed by atoms with Gasteiger partial charge in [-0.15, -0.1) is 5.10 Å². The van der Waals surface area contributed by atoms with Gasteiger partial charge in [-0.25, -0.2) is 0 Å². The molecule has 0 unspecified atom stereocenters. The number of rotatable bonds is 6. The van der Waals surface area contributed by atoms with Gasteiger partial charge < -0.3 is 5.73 Å². The summed E-state index contributed by atoms with van der Waals surface area (Å²) in [5, 5.41) is 7.90. The molecule has 0 atom stereocenters. The van der Waals surface area contributed by atoms with E-state index in [4.69, 9.17) is 5.73 Å². The summed E-state index contributed by atoms with van der Waals surface area (Å²) in [7, 11) is 1.89. The zero-order chi connectivity index (χ0) is 9.52. The molecular weight excluding hydrogens is 164 g/mol. The van der Waals surface area contributed by atoms with Gasteiger partial charge in [0.05, 0.1) is 5.69 Å². The van der Waals surface area contributed by atoms with Gasteiger partial charge in [0, 0.05) is 13.2 Å². The Morgan fingerprint density at radius 3 is 2.69 bits per heavy atom. The van der Waals surface area contributed by atoms with E-state index in [0.29, 0.717) is 0 Å². The lowest BCUT2D eigenvalue weighted by Gasteiger charge is -1.96. The van der Waals surface area contributed by atoms with E-state index in [2.05, 4.69) is 10.3 Å². The van der Waals surface area contributed by atoms with Gasteiger partial charge in [0.25, 0.3) is 0 Å². The van der Waals surface area contributed by atoms with E-state index in [0.717, 1.165) is 25.1 Å². The maximum Gasteiger partial charge on any atom is 0.0827 e. The quantitative estimate of drug-likeness (QED) is 0.664. The highest BCUT2D eigenvalue weighted by molar-refractivity contribution is 4.91. The summed E-state index contributed by atoms with van der Waals surface area (Å²) in [5.74, 6) is 0. The number of nitrogens with zero attached hydrogens (tertiary/aromatic N) is 3. The number of nitrogens with two attached hydrogens (primary N) is 1. The highest BCUT2D eigenvalue weighted by atomic mass is 15.4. The summed E-state index contributed by atoms with van der Waals surface area (Å²) in [6, 6.07) is 0. The van der Waals surface area contributed by atoms with Crippen molar-refractivity contribution in [1.29, 1.82) is 0 Å². The molecule has 74 valence electrons. The zero-order valence-electron chi connectivity index (χ0n) is 8.24. The fourth-order valence-corrected chi connectivity index (χ4v) is 1.31. The predicted octanol–water partition coefficient (Wildman–Crippen LogP) is 0.877. The topological polar surface area (TPSA) is 56.7 Å². The Morgan fingerprint density at radius 2 is 2.08 bits per heavy atom. The summed E-state index contributed by atoms with van der Waals surface area (Å²) >= 11 is 0. The molecule has 0 aliphatic carbocycles. The van der Waals surface area contributed by atoms with Gasteiger partial charge in [-0.05, 0) is 25.8 Å². The molecule has 13 heavy (non-hydrogen) atoms. The molecule has 0 spiro atoms. The van der Waals surface area contributed by atoms with Crippen molar-refractivity contribution in [2.45, 2.75) is 32.1 Å². The first kappa shape index (κ1) is 10.2. The molecule has 0 aliphatic heterocycles. The van der Waals surface area contributed by atoms with Crippen LogP contribution in [0.2, 0.25) is 0 Å². The van der Waals surface area contributed by atoms with E-state index in [1.54, 1.807) is 4.68 Å². The highest BCUT2D eigenvalue weighted by Crippen LogP contribution is 2.04. The molecule has 1 aromatic heterocycles. The van der Waals surface area contributed by atoms with Crippen LogP contribution in [0.15, 0.2) is 6.20 Å². The number of aromatic nitrogens is 3. The molecule has 0 bridgehead atoms. The number of hydrogen-bond donors (Lipinski definition) is 1. The summed E-state index contributed by atoms with van der Waals surface area (Å²) in [6.07, 6.45) is 7.82. The summed E-state index contributed by atoms with van der Waals surface area (Å²) < 4.78 is 1.75. The lowest BCUT2D eigenvalue weighted by molar-refractivity contribution is 0.640. The molecule has 4 heteroatoms. The molecule has 4 nitrogen and oxygen atoms in total. The third-order valence-corrected chi connectivity index (χ3v) is 2.04. The van der Waals surface area contributed by atoms with Gasteiger partial charge in [-0.3, -0.25) is 4.68 Å². The molecule has 0 fully saturated rings. The molecule has 0 radical (unpaired) electrons. The van der Waals surface area contributed by atoms with Crippen LogP contribution >= 0.6 is 0 Å². The van der Waals surface area contributed by atoms with Crippen LogP contribution in [0.25, 0.3) is 0 Å². The minimum absolute atomic E-state index is 0.811. The maximum atomic E-state index is 5.40. The van der Waals surface area contributed by atoms with Crippen molar-refractivity contribution in [1.82, 2.24) is 15.0 Å². The van der Waals surface area contributed by atoms with Crippen LogP contribution < -0.4 is 5.73 Å². The van der Waals surface area contributed by atoms with Crippen molar-refractivity contribution in [2.24, 2.45) is 12.8 Å². The van der Waals surface area contributed by atoms with Crippen molar-refractivity contribution in [3.05, 3.63) is 11.9 Å². The van der Waals surface area contributed by atoms with Gasteiger partial charge in [-0.2, -0.15) is 0 Å². The Kier molecular flexibility index (Phi) is 4.46. The highest BCUT2D eigenvalue weighted by Gasteiger charge is 1.97. The van der Waals surface area contributed by atoms with Crippen LogP contribution in [-0.2, 0) is 13.5 Å². The maximum absolute atomic E-state index is 5.40. The van der Waals surface area contributed by atoms with Crippen molar-refractivity contribution < 1.29 is 0 Å². The van der Waals surface area contributed by atoms with E-state index in [-0.39, 0.29) is 0 Å². The van der Waals surface area contributed by atoms with Gasteiger partial charge in [-0.1, -0.05) is 18.1 Å². The van der Waals surface area contributed by atoms with Gasteiger partial charge in [0.1, 0.15) is 0 Å². The van der Waals surface area contributed by atoms with E-state index in [9.17, 15) is 0 Å². The monoisotopic (exact) mass is 182 g/mol. The minimum Gasteiger partial charge on any atom is -0.330 e. The largest absolute Gasteiger partial charge is 0.330 e. The summed E-state index contributed by atoms with van der Waals surface area (Å²) in [5.41, 5.74) is 6.49. The average molecular weight is 182 g/mol. The Morgan fingerprint density at radius 1 is 1.31 bits per heavy atom.